The third-order valence-corrected chi connectivity index (χ3v) is 6.81. The predicted molar refractivity (Wildman–Crippen MR) is 101 cm³/mol. The van der Waals surface area contributed by atoms with Crippen molar-refractivity contribution in [2.75, 3.05) is 19.6 Å². The van der Waals surface area contributed by atoms with Gasteiger partial charge in [-0.25, -0.2) is 0 Å². The summed E-state index contributed by atoms with van der Waals surface area (Å²) in [6.45, 7) is 6.64. The fraction of sp³-hybridized carbons (Fsp3) is 0.450. The molecule has 26 heavy (non-hydrogen) atoms. The Morgan fingerprint density at radius 3 is 3.00 bits per heavy atom. The van der Waals surface area contributed by atoms with E-state index in [1.165, 1.54) is 11.3 Å². The Labute approximate surface area is 157 Å². The van der Waals surface area contributed by atoms with Gasteiger partial charge in [-0.05, 0) is 47.9 Å². The molecule has 0 unspecified atom stereocenters. The molecule has 2 amide bonds. The zero-order valence-electron chi connectivity index (χ0n) is 15.1. The number of thiophene rings is 1. The summed E-state index contributed by atoms with van der Waals surface area (Å²) < 4.78 is 0. The van der Waals surface area contributed by atoms with E-state index in [1.807, 2.05) is 46.5 Å². The standard InChI is InChI=1S/C20H23N3O2S/c1-14-8-17(26-12-14)18(24)23-10-15(2)20(13-23)5-7-22(19(20)25)11-16-4-3-6-21-9-16/h3-4,6,8-9,12,15H,5,7,10-11,13H2,1-2H3/t15-,20-/m1/s1. The fourth-order valence-corrected chi connectivity index (χ4v) is 5.11. The van der Waals surface area contributed by atoms with Gasteiger partial charge in [0.15, 0.2) is 0 Å². The van der Waals surface area contributed by atoms with Gasteiger partial charge in [0.05, 0.1) is 10.3 Å². The molecule has 1 spiro atoms. The maximum Gasteiger partial charge on any atom is 0.263 e. The van der Waals surface area contributed by atoms with Gasteiger partial charge in [-0.15, -0.1) is 11.3 Å². The van der Waals surface area contributed by atoms with Crippen molar-refractivity contribution in [3.63, 3.8) is 0 Å². The number of carbonyl (C=O) groups excluding carboxylic acids is 2. The summed E-state index contributed by atoms with van der Waals surface area (Å²) in [6, 6.07) is 5.83. The Balaban J connectivity index is 1.50. The van der Waals surface area contributed by atoms with Crippen LogP contribution >= 0.6 is 11.3 Å². The fourth-order valence-electron chi connectivity index (χ4n) is 4.24. The average molecular weight is 369 g/mol. The number of aromatic nitrogens is 1. The summed E-state index contributed by atoms with van der Waals surface area (Å²) in [5, 5.41) is 2.00. The number of nitrogens with zero attached hydrogens (tertiary/aromatic N) is 3. The van der Waals surface area contributed by atoms with Crippen LogP contribution in [0.4, 0.5) is 0 Å². The molecule has 2 aliphatic heterocycles. The van der Waals surface area contributed by atoms with E-state index < -0.39 is 5.41 Å². The zero-order valence-corrected chi connectivity index (χ0v) is 16.0. The molecule has 136 valence electrons. The van der Waals surface area contributed by atoms with Crippen molar-refractivity contribution in [1.82, 2.24) is 14.8 Å². The lowest BCUT2D eigenvalue weighted by molar-refractivity contribution is -0.137. The highest BCUT2D eigenvalue weighted by Gasteiger charge is 2.55. The average Bonchev–Trinajstić information content (AvgIpc) is 3.30. The first kappa shape index (κ1) is 17.2. The molecule has 2 saturated heterocycles. The molecule has 6 heteroatoms. The quantitative estimate of drug-likeness (QED) is 0.836. The van der Waals surface area contributed by atoms with E-state index >= 15 is 0 Å². The summed E-state index contributed by atoms with van der Waals surface area (Å²) in [7, 11) is 0. The minimum absolute atomic E-state index is 0.0605. The highest BCUT2D eigenvalue weighted by Crippen LogP contribution is 2.45. The first-order chi connectivity index (χ1) is 12.5. The van der Waals surface area contributed by atoms with Gasteiger partial charge in [0.2, 0.25) is 5.91 Å². The normalized spacial score (nSPS) is 25.5. The highest BCUT2D eigenvalue weighted by molar-refractivity contribution is 7.12. The van der Waals surface area contributed by atoms with Crippen molar-refractivity contribution in [3.8, 4) is 0 Å². The number of pyridine rings is 1. The number of hydrogen-bond donors (Lipinski definition) is 0. The van der Waals surface area contributed by atoms with Crippen LogP contribution < -0.4 is 0 Å². The molecule has 2 aromatic heterocycles. The van der Waals surface area contributed by atoms with Gasteiger partial charge in [-0.1, -0.05) is 13.0 Å². The largest absolute Gasteiger partial charge is 0.338 e. The molecule has 2 aliphatic rings. The van der Waals surface area contributed by atoms with Gasteiger partial charge in [-0.2, -0.15) is 0 Å². The van der Waals surface area contributed by atoms with Crippen LogP contribution in [0, 0.1) is 18.3 Å². The Bertz CT molecular complexity index is 835. The van der Waals surface area contributed by atoms with Gasteiger partial charge in [0, 0.05) is 38.6 Å². The molecule has 0 aromatic carbocycles. The van der Waals surface area contributed by atoms with E-state index in [4.69, 9.17) is 0 Å². The first-order valence-corrected chi connectivity index (χ1v) is 9.90. The number of hydrogen-bond acceptors (Lipinski definition) is 4. The summed E-state index contributed by atoms with van der Waals surface area (Å²) >= 11 is 1.49. The van der Waals surface area contributed by atoms with Crippen LogP contribution in [0.5, 0.6) is 0 Å². The van der Waals surface area contributed by atoms with Gasteiger partial charge in [-0.3, -0.25) is 14.6 Å². The molecule has 4 rings (SSSR count). The maximum absolute atomic E-state index is 13.2. The molecule has 2 aromatic rings. The van der Waals surface area contributed by atoms with Gasteiger partial charge in [0.25, 0.3) is 5.91 Å². The van der Waals surface area contributed by atoms with Gasteiger partial charge in [0.1, 0.15) is 0 Å². The SMILES string of the molecule is Cc1csc(C(=O)N2C[C@@H](C)[C@@]3(CCN(Cc4cccnc4)C3=O)C2)c1. The Hall–Kier alpha value is -2.21. The molecule has 0 radical (unpaired) electrons. The number of rotatable bonds is 3. The van der Waals surface area contributed by atoms with Crippen molar-refractivity contribution >= 4 is 23.2 Å². The maximum atomic E-state index is 13.2. The Kier molecular flexibility index (Phi) is 4.31. The van der Waals surface area contributed by atoms with Crippen LogP contribution in [-0.2, 0) is 11.3 Å². The molecule has 5 nitrogen and oxygen atoms in total. The van der Waals surface area contributed by atoms with Crippen LogP contribution in [0.15, 0.2) is 36.0 Å². The number of amides is 2. The molecule has 2 fully saturated rings. The Morgan fingerprint density at radius 2 is 2.31 bits per heavy atom. The zero-order chi connectivity index (χ0) is 18.3. The topological polar surface area (TPSA) is 53.5 Å². The Morgan fingerprint density at radius 1 is 1.46 bits per heavy atom. The minimum Gasteiger partial charge on any atom is -0.338 e. The van der Waals surface area contributed by atoms with Crippen LogP contribution in [0.3, 0.4) is 0 Å². The third kappa shape index (κ3) is 2.82. The van der Waals surface area contributed by atoms with E-state index in [9.17, 15) is 9.59 Å². The number of likely N-dealkylation sites (tertiary alicyclic amines) is 2. The lowest BCUT2D eigenvalue weighted by Gasteiger charge is -2.26. The second-order valence-corrected chi connectivity index (χ2v) is 8.48. The number of aryl methyl sites for hydroxylation is 1. The van der Waals surface area contributed by atoms with E-state index in [-0.39, 0.29) is 17.7 Å². The predicted octanol–water partition coefficient (Wildman–Crippen LogP) is 2.96. The summed E-state index contributed by atoms with van der Waals surface area (Å²) in [5.74, 6) is 0.427. The number of carbonyl (C=O) groups is 2. The monoisotopic (exact) mass is 369 g/mol. The second-order valence-electron chi connectivity index (χ2n) is 7.57. The molecule has 2 atom stereocenters. The van der Waals surface area contributed by atoms with Crippen molar-refractivity contribution in [3.05, 3.63) is 52.0 Å². The third-order valence-electron chi connectivity index (χ3n) is 5.78. The van der Waals surface area contributed by atoms with E-state index in [0.717, 1.165) is 29.0 Å². The molecule has 4 heterocycles. The first-order valence-electron chi connectivity index (χ1n) is 9.02. The van der Waals surface area contributed by atoms with E-state index in [0.29, 0.717) is 19.6 Å². The van der Waals surface area contributed by atoms with Gasteiger partial charge >= 0.3 is 0 Å². The molecule has 0 N–H and O–H groups in total. The molecule has 0 aliphatic carbocycles. The molecular weight excluding hydrogens is 346 g/mol. The van der Waals surface area contributed by atoms with Crippen LogP contribution in [0.25, 0.3) is 0 Å². The minimum atomic E-state index is -0.426. The molecule has 0 bridgehead atoms. The van der Waals surface area contributed by atoms with E-state index in [2.05, 4.69) is 11.9 Å². The van der Waals surface area contributed by atoms with Crippen LogP contribution in [0.1, 0.15) is 34.1 Å². The van der Waals surface area contributed by atoms with Crippen LogP contribution in [0.2, 0.25) is 0 Å². The summed E-state index contributed by atoms with van der Waals surface area (Å²) in [4.78, 5) is 34.8. The van der Waals surface area contributed by atoms with Crippen molar-refractivity contribution < 1.29 is 9.59 Å². The van der Waals surface area contributed by atoms with Crippen LogP contribution in [-0.4, -0.2) is 46.2 Å². The molecular formula is C20H23N3O2S. The van der Waals surface area contributed by atoms with Crippen molar-refractivity contribution in [2.24, 2.45) is 11.3 Å². The second kappa shape index (κ2) is 6.50. The van der Waals surface area contributed by atoms with Crippen molar-refractivity contribution in [2.45, 2.75) is 26.8 Å². The van der Waals surface area contributed by atoms with Crippen molar-refractivity contribution in [1.29, 1.82) is 0 Å². The highest BCUT2D eigenvalue weighted by atomic mass is 32.1. The molecule has 0 saturated carbocycles. The van der Waals surface area contributed by atoms with E-state index in [1.54, 1.807) is 6.20 Å². The lowest BCUT2D eigenvalue weighted by Crippen LogP contribution is -2.40. The smallest absolute Gasteiger partial charge is 0.263 e. The van der Waals surface area contributed by atoms with Gasteiger partial charge < -0.3 is 9.80 Å². The lowest BCUT2D eigenvalue weighted by atomic mass is 9.78. The summed E-state index contributed by atoms with van der Waals surface area (Å²) in [6.07, 6.45) is 4.37. The summed E-state index contributed by atoms with van der Waals surface area (Å²) in [5.41, 5.74) is 1.73.